The lowest BCUT2D eigenvalue weighted by molar-refractivity contribution is -0.137. The fourth-order valence-electron chi connectivity index (χ4n) is 7.69. The molecule has 1 N–H and O–H groups in total. The van der Waals surface area contributed by atoms with E-state index in [0.717, 1.165) is 68.7 Å². The highest BCUT2D eigenvalue weighted by atomic mass is 19.4. The van der Waals surface area contributed by atoms with Gasteiger partial charge < -0.3 is 14.7 Å². The number of halogens is 3. The Morgan fingerprint density at radius 1 is 1.10 bits per heavy atom. The second-order valence-electron chi connectivity index (χ2n) is 12.7. The van der Waals surface area contributed by atoms with Crippen molar-refractivity contribution in [3.63, 3.8) is 0 Å². The number of nitrogens with zero attached hydrogens (tertiary/aromatic N) is 4. The molecule has 3 fully saturated rings. The predicted octanol–water partition coefficient (Wildman–Crippen LogP) is 6.09. The molecule has 0 bridgehead atoms. The number of allylic oxidation sites excluding steroid dienone is 1. The van der Waals surface area contributed by atoms with E-state index in [1.807, 2.05) is 12.1 Å². The lowest BCUT2D eigenvalue weighted by Gasteiger charge is -2.44. The lowest BCUT2D eigenvalue weighted by atomic mass is 9.76. The topological polar surface area (TPSA) is 61.7 Å². The van der Waals surface area contributed by atoms with Gasteiger partial charge in [0, 0.05) is 72.9 Å². The predicted molar refractivity (Wildman–Crippen MR) is 150 cm³/mol. The first-order chi connectivity index (χ1) is 19.6. The molecule has 0 amide bonds. The summed E-state index contributed by atoms with van der Waals surface area (Å²) >= 11 is 0. The summed E-state index contributed by atoms with van der Waals surface area (Å²) in [6.07, 6.45) is 9.22. The van der Waals surface area contributed by atoms with Gasteiger partial charge in [-0.05, 0) is 75.6 Å². The maximum atomic E-state index is 13.4. The molecule has 1 saturated heterocycles. The molecule has 6 nitrogen and oxygen atoms in total. The van der Waals surface area contributed by atoms with Crippen molar-refractivity contribution in [3.8, 4) is 5.88 Å². The zero-order valence-electron chi connectivity index (χ0n) is 24.1. The molecule has 2 aromatic rings. The van der Waals surface area contributed by atoms with E-state index in [9.17, 15) is 18.3 Å². The standard InChI is InChI=1S/C32H41F3N4O2/c1-3-28(38-14-10-27-23(20-38)16-25(19-36-27)32(33,34)35)30(17-22-4-5-22)13-15-39(21-30)26-8-11-31(40,12-9-26)24-6-7-29(41-2)37-18-24/h3,6-7,16,18-19,22,26,40H,4-5,8-15,17,20-21H2,1-2H3/b28-3-. The van der Waals surface area contributed by atoms with E-state index in [4.69, 9.17) is 4.74 Å². The average Bonchev–Trinajstić information content (AvgIpc) is 3.69. The molecule has 41 heavy (non-hydrogen) atoms. The van der Waals surface area contributed by atoms with Crippen LogP contribution in [-0.2, 0) is 24.7 Å². The van der Waals surface area contributed by atoms with Gasteiger partial charge in [-0.25, -0.2) is 4.98 Å². The van der Waals surface area contributed by atoms with Crippen molar-refractivity contribution < 1.29 is 23.0 Å². The Labute approximate surface area is 240 Å². The summed E-state index contributed by atoms with van der Waals surface area (Å²) < 4.78 is 45.5. The zero-order chi connectivity index (χ0) is 28.8. The van der Waals surface area contributed by atoms with Crippen LogP contribution in [0, 0.1) is 11.3 Å². The minimum absolute atomic E-state index is 0.0101. The molecule has 1 atom stereocenters. The van der Waals surface area contributed by atoms with Gasteiger partial charge in [-0.3, -0.25) is 9.88 Å². The number of fused-ring (bicyclic) bond motifs is 1. The van der Waals surface area contributed by atoms with Crippen LogP contribution < -0.4 is 4.74 Å². The Morgan fingerprint density at radius 3 is 2.51 bits per heavy atom. The molecule has 222 valence electrons. The lowest BCUT2D eigenvalue weighted by Crippen LogP contribution is -2.44. The minimum atomic E-state index is -4.39. The number of hydrogen-bond acceptors (Lipinski definition) is 6. The van der Waals surface area contributed by atoms with E-state index in [-0.39, 0.29) is 5.41 Å². The van der Waals surface area contributed by atoms with Crippen LogP contribution in [0.5, 0.6) is 5.88 Å². The molecule has 0 aromatic carbocycles. The quantitative estimate of drug-likeness (QED) is 0.435. The molecule has 6 rings (SSSR count). The summed E-state index contributed by atoms with van der Waals surface area (Å²) in [5.74, 6) is 1.28. The third-order valence-electron chi connectivity index (χ3n) is 10.1. The van der Waals surface area contributed by atoms with Gasteiger partial charge in [0.05, 0.1) is 18.3 Å². The summed E-state index contributed by atoms with van der Waals surface area (Å²) in [5, 5.41) is 11.5. The highest BCUT2D eigenvalue weighted by molar-refractivity contribution is 5.31. The summed E-state index contributed by atoms with van der Waals surface area (Å²) in [6, 6.07) is 5.45. The van der Waals surface area contributed by atoms with Crippen LogP contribution in [-0.4, -0.2) is 57.7 Å². The molecule has 4 heterocycles. The second kappa shape index (κ2) is 10.9. The molecule has 0 radical (unpaired) electrons. The van der Waals surface area contributed by atoms with Crippen molar-refractivity contribution in [1.29, 1.82) is 0 Å². The van der Waals surface area contributed by atoms with Gasteiger partial charge in [0.1, 0.15) is 0 Å². The molecule has 9 heteroatoms. The zero-order valence-corrected chi connectivity index (χ0v) is 24.1. The number of pyridine rings is 2. The third kappa shape index (κ3) is 5.72. The Balaban J connectivity index is 1.17. The van der Waals surface area contributed by atoms with E-state index >= 15 is 0 Å². The highest BCUT2D eigenvalue weighted by Gasteiger charge is 2.49. The minimum Gasteiger partial charge on any atom is -0.481 e. The Hall–Kier alpha value is -2.65. The number of likely N-dealkylation sites (tertiary alicyclic amines) is 1. The molecule has 2 aromatic heterocycles. The van der Waals surface area contributed by atoms with Gasteiger partial charge in [0.15, 0.2) is 0 Å². The summed E-state index contributed by atoms with van der Waals surface area (Å²) in [6.45, 7) is 5.34. The molecule has 2 aliphatic heterocycles. The number of ether oxygens (including phenoxy) is 1. The van der Waals surface area contributed by atoms with Crippen LogP contribution in [0.4, 0.5) is 13.2 Å². The van der Waals surface area contributed by atoms with E-state index in [2.05, 4.69) is 32.8 Å². The first kappa shape index (κ1) is 28.5. The second-order valence-corrected chi connectivity index (χ2v) is 12.7. The van der Waals surface area contributed by atoms with Gasteiger partial charge in [-0.1, -0.05) is 18.9 Å². The van der Waals surface area contributed by atoms with Crippen LogP contribution in [0.3, 0.4) is 0 Å². The first-order valence-electron chi connectivity index (χ1n) is 15.1. The van der Waals surface area contributed by atoms with Crippen molar-refractivity contribution in [2.45, 2.75) is 89.1 Å². The van der Waals surface area contributed by atoms with Crippen LogP contribution in [0.1, 0.15) is 80.7 Å². The number of alkyl halides is 3. The normalized spacial score (nSPS) is 29.5. The van der Waals surface area contributed by atoms with Crippen molar-refractivity contribution in [1.82, 2.24) is 19.8 Å². The largest absolute Gasteiger partial charge is 0.481 e. The molecular weight excluding hydrogens is 529 g/mol. The monoisotopic (exact) mass is 570 g/mol. The SMILES string of the molecule is C/C=C(\N1CCc2ncc(C(F)(F)F)cc2C1)C1(CC2CC2)CCN(C2CCC(O)(c3ccc(OC)nc3)CC2)C1. The molecule has 2 aliphatic carbocycles. The van der Waals surface area contributed by atoms with Gasteiger partial charge >= 0.3 is 6.18 Å². The van der Waals surface area contributed by atoms with Crippen molar-refractivity contribution >= 4 is 0 Å². The van der Waals surface area contributed by atoms with Gasteiger partial charge in [0.25, 0.3) is 0 Å². The van der Waals surface area contributed by atoms with E-state index in [1.165, 1.54) is 24.6 Å². The first-order valence-corrected chi connectivity index (χ1v) is 15.1. The van der Waals surface area contributed by atoms with Crippen LogP contribution in [0.25, 0.3) is 0 Å². The summed E-state index contributed by atoms with van der Waals surface area (Å²) in [7, 11) is 1.59. The number of aromatic nitrogens is 2. The van der Waals surface area contributed by atoms with E-state index in [1.54, 1.807) is 13.3 Å². The van der Waals surface area contributed by atoms with Crippen LogP contribution in [0.2, 0.25) is 0 Å². The number of methoxy groups -OCH3 is 1. The van der Waals surface area contributed by atoms with Crippen molar-refractivity contribution in [3.05, 3.63) is 64.8 Å². The molecule has 4 aliphatic rings. The fourth-order valence-corrected chi connectivity index (χ4v) is 7.69. The summed E-state index contributed by atoms with van der Waals surface area (Å²) in [5.41, 5.74) is 2.12. The van der Waals surface area contributed by atoms with E-state index in [0.29, 0.717) is 43.3 Å². The Kier molecular flexibility index (Phi) is 7.55. The fraction of sp³-hybridized carbons (Fsp3) is 0.625. The summed E-state index contributed by atoms with van der Waals surface area (Å²) in [4.78, 5) is 13.5. The van der Waals surface area contributed by atoms with Gasteiger partial charge in [0.2, 0.25) is 5.88 Å². The molecule has 1 unspecified atom stereocenters. The van der Waals surface area contributed by atoms with Crippen LogP contribution >= 0.6 is 0 Å². The number of hydrogen-bond donors (Lipinski definition) is 1. The highest BCUT2D eigenvalue weighted by Crippen LogP contribution is 2.52. The maximum Gasteiger partial charge on any atom is 0.417 e. The molecule has 0 spiro atoms. The number of aliphatic hydroxyl groups is 1. The average molecular weight is 571 g/mol. The van der Waals surface area contributed by atoms with Crippen molar-refractivity contribution in [2.24, 2.45) is 11.3 Å². The van der Waals surface area contributed by atoms with Crippen LogP contribution in [0.15, 0.2) is 42.4 Å². The maximum absolute atomic E-state index is 13.4. The Bertz CT molecular complexity index is 1270. The van der Waals surface area contributed by atoms with Gasteiger partial charge in [-0.2, -0.15) is 13.2 Å². The third-order valence-corrected chi connectivity index (χ3v) is 10.1. The molecular formula is C32H41F3N4O2. The Morgan fingerprint density at radius 2 is 1.88 bits per heavy atom. The van der Waals surface area contributed by atoms with E-state index < -0.39 is 17.3 Å². The van der Waals surface area contributed by atoms with Gasteiger partial charge in [-0.15, -0.1) is 0 Å². The number of rotatable bonds is 7. The van der Waals surface area contributed by atoms with Crippen molar-refractivity contribution in [2.75, 3.05) is 26.7 Å². The molecule has 2 saturated carbocycles. The smallest absolute Gasteiger partial charge is 0.417 e.